The third-order valence-electron chi connectivity index (χ3n) is 4.94. The summed E-state index contributed by atoms with van der Waals surface area (Å²) in [7, 11) is -1.76. The number of rotatable bonds is 5. The Hall–Kier alpha value is -2.34. The number of piperidine rings is 1. The van der Waals surface area contributed by atoms with Gasteiger partial charge < -0.3 is 9.80 Å². The molecule has 0 unspecified atom stereocenters. The van der Waals surface area contributed by atoms with Crippen LogP contribution in [-0.4, -0.2) is 45.6 Å². The molecule has 144 valence electrons. The fraction of sp³-hybridized carbons (Fsp3) is 0.381. The highest BCUT2D eigenvalue weighted by Gasteiger charge is 2.21. The van der Waals surface area contributed by atoms with E-state index in [2.05, 4.69) is 17.0 Å². The summed E-state index contributed by atoms with van der Waals surface area (Å²) in [5.74, 6) is -0.295. The largest absolute Gasteiger partial charge is 0.372 e. The zero-order valence-corrected chi connectivity index (χ0v) is 16.7. The molecule has 0 atom stereocenters. The average Bonchev–Trinajstić information content (AvgIpc) is 2.68. The smallest absolute Gasteiger partial charge is 0.255 e. The number of carbonyl (C=O) groups excluding carboxylic acids is 1. The van der Waals surface area contributed by atoms with Crippen molar-refractivity contribution in [2.24, 2.45) is 0 Å². The van der Waals surface area contributed by atoms with Crippen LogP contribution in [0.2, 0.25) is 0 Å². The van der Waals surface area contributed by atoms with E-state index in [1.54, 1.807) is 30.1 Å². The molecule has 0 N–H and O–H groups in total. The lowest BCUT2D eigenvalue weighted by molar-refractivity contribution is 0.0781. The maximum absolute atomic E-state index is 12.8. The number of hydrogen-bond acceptors (Lipinski definition) is 4. The fourth-order valence-electron chi connectivity index (χ4n) is 3.48. The van der Waals surface area contributed by atoms with Crippen LogP contribution in [0.5, 0.6) is 0 Å². The van der Waals surface area contributed by atoms with E-state index in [9.17, 15) is 13.2 Å². The molecule has 1 saturated heterocycles. The van der Waals surface area contributed by atoms with Gasteiger partial charge in [-0.1, -0.05) is 24.3 Å². The van der Waals surface area contributed by atoms with Gasteiger partial charge in [-0.3, -0.25) is 4.79 Å². The number of sulfone groups is 1. The van der Waals surface area contributed by atoms with Crippen LogP contribution in [0.4, 0.5) is 5.69 Å². The third-order valence-corrected chi connectivity index (χ3v) is 6.10. The predicted octanol–water partition coefficient (Wildman–Crippen LogP) is 3.35. The van der Waals surface area contributed by atoms with Crippen molar-refractivity contribution in [1.29, 1.82) is 0 Å². The molecule has 2 aromatic carbocycles. The predicted molar refractivity (Wildman–Crippen MR) is 108 cm³/mol. The van der Waals surface area contributed by atoms with Crippen molar-refractivity contribution >= 4 is 21.4 Å². The maximum Gasteiger partial charge on any atom is 0.255 e. The minimum absolute atomic E-state index is 0.0716. The van der Waals surface area contributed by atoms with Gasteiger partial charge in [0.25, 0.3) is 5.91 Å². The van der Waals surface area contributed by atoms with E-state index >= 15 is 0 Å². The normalized spacial score (nSPS) is 14.8. The second-order valence-electron chi connectivity index (χ2n) is 7.14. The quantitative estimate of drug-likeness (QED) is 0.791. The summed E-state index contributed by atoms with van der Waals surface area (Å²) in [4.78, 5) is 16.8. The van der Waals surface area contributed by atoms with Crippen molar-refractivity contribution in [2.75, 3.05) is 31.3 Å². The van der Waals surface area contributed by atoms with Gasteiger partial charge in [0.2, 0.25) is 0 Å². The summed E-state index contributed by atoms with van der Waals surface area (Å²) in [6.07, 6.45) is 4.90. The van der Waals surface area contributed by atoms with Gasteiger partial charge in [0.15, 0.2) is 9.84 Å². The van der Waals surface area contributed by atoms with Crippen molar-refractivity contribution in [2.45, 2.75) is 30.7 Å². The molecule has 5 nitrogen and oxygen atoms in total. The van der Waals surface area contributed by atoms with E-state index in [1.807, 2.05) is 12.1 Å². The first-order valence-corrected chi connectivity index (χ1v) is 11.1. The van der Waals surface area contributed by atoms with Crippen LogP contribution in [0.3, 0.4) is 0 Å². The van der Waals surface area contributed by atoms with E-state index < -0.39 is 9.84 Å². The highest BCUT2D eigenvalue weighted by atomic mass is 32.2. The summed E-state index contributed by atoms with van der Waals surface area (Å²) in [5.41, 5.74) is 2.45. The van der Waals surface area contributed by atoms with Crippen LogP contribution in [0, 0.1) is 0 Å². The number of anilines is 1. The van der Waals surface area contributed by atoms with Crippen molar-refractivity contribution in [3.63, 3.8) is 0 Å². The van der Waals surface area contributed by atoms with Crippen LogP contribution >= 0.6 is 0 Å². The number of carbonyl (C=O) groups is 1. The minimum atomic E-state index is -3.46. The average molecular weight is 387 g/mol. The van der Waals surface area contributed by atoms with Gasteiger partial charge in [0, 0.05) is 38.6 Å². The topological polar surface area (TPSA) is 57.7 Å². The van der Waals surface area contributed by atoms with Gasteiger partial charge in [-0.15, -0.1) is 0 Å². The minimum Gasteiger partial charge on any atom is -0.372 e. The van der Waals surface area contributed by atoms with Gasteiger partial charge in [-0.2, -0.15) is 0 Å². The van der Waals surface area contributed by atoms with Gasteiger partial charge in [0.05, 0.1) is 10.5 Å². The molecular weight excluding hydrogens is 360 g/mol. The zero-order valence-electron chi connectivity index (χ0n) is 15.9. The molecule has 0 saturated carbocycles. The van der Waals surface area contributed by atoms with E-state index in [4.69, 9.17) is 0 Å². The molecule has 0 aromatic heterocycles. The molecule has 0 bridgehead atoms. The fourth-order valence-corrected chi connectivity index (χ4v) is 4.36. The van der Waals surface area contributed by atoms with Crippen LogP contribution in [-0.2, 0) is 16.4 Å². The van der Waals surface area contributed by atoms with E-state index in [1.165, 1.54) is 31.0 Å². The Labute approximate surface area is 161 Å². The zero-order chi connectivity index (χ0) is 19.4. The monoisotopic (exact) mass is 386 g/mol. The Morgan fingerprint density at radius 1 is 1.00 bits per heavy atom. The van der Waals surface area contributed by atoms with E-state index in [-0.39, 0.29) is 16.4 Å². The number of hydrogen-bond donors (Lipinski definition) is 0. The molecule has 0 spiro atoms. The molecule has 1 aliphatic heterocycles. The van der Waals surface area contributed by atoms with Crippen molar-refractivity contribution in [3.8, 4) is 0 Å². The molecule has 0 aliphatic carbocycles. The van der Waals surface area contributed by atoms with Gasteiger partial charge >= 0.3 is 0 Å². The van der Waals surface area contributed by atoms with Gasteiger partial charge in [-0.25, -0.2) is 8.42 Å². The number of nitrogens with zero attached hydrogens (tertiary/aromatic N) is 2. The maximum atomic E-state index is 12.8. The lowest BCUT2D eigenvalue weighted by atomic mass is 10.1. The molecular formula is C21H26N2O3S. The molecule has 1 aliphatic rings. The number of amides is 1. The molecule has 6 heteroatoms. The van der Waals surface area contributed by atoms with Crippen molar-refractivity contribution in [3.05, 3.63) is 59.7 Å². The number of benzene rings is 2. The molecule has 2 aromatic rings. The van der Waals surface area contributed by atoms with Crippen molar-refractivity contribution < 1.29 is 13.2 Å². The third kappa shape index (κ3) is 4.69. The van der Waals surface area contributed by atoms with Gasteiger partial charge in [0.1, 0.15) is 0 Å². The van der Waals surface area contributed by atoms with Crippen LogP contribution in [0.15, 0.2) is 53.4 Å². The molecule has 27 heavy (non-hydrogen) atoms. The SMILES string of the molecule is CN(Cc1ccc(N2CCCCC2)cc1)C(=O)c1ccccc1S(C)(=O)=O. The Kier molecular flexibility index (Phi) is 5.85. The second-order valence-corrected chi connectivity index (χ2v) is 9.13. The Balaban J connectivity index is 1.72. The first-order chi connectivity index (χ1) is 12.9. The lowest BCUT2D eigenvalue weighted by Crippen LogP contribution is -2.29. The summed E-state index contributed by atoms with van der Waals surface area (Å²) in [6, 6.07) is 14.6. The standard InChI is InChI=1S/C21H26N2O3S/c1-22(21(24)19-8-4-5-9-20(19)27(2,25)26)16-17-10-12-18(13-11-17)23-14-6-3-7-15-23/h4-5,8-13H,3,6-7,14-16H2,1-2H3. The summed E-state index contributed by atoms with van der Waals surface area (Å²) >= 11 is 0. The first kappa shape index (κ1) is 19.4. The van der Waals surface area contributed by atoms with E-state index in [0.29, 0.717) is 6.54 Å². The highest BCUT2D eigenvalue weighted by Crippen LogP contribution is 2.22. The van der Waals surface area contributed by atoms with Crippen LogP contribution < -0.4 is 4.90 Å². The van der Waals surface area contributed by atoms with E-state index in [0.717, 1.165) is 24.9 Å². The molecule has 1 fully saturated rings. The molecule has 1 amide bonds. The summed E-state index contributed by atoms with van der Waals surface area (Å²) in [5, 5.41) is 0. The molecule has 1 heterocycles. The summed E-state index contributed by atoms with van der Waals surface area (Å²) < 4.78 is 23.9. The van der Waals surface area contributed by atoms with Gasteiger partial charge in [-0.05, 0) is 49.1 Å². The Morgan fingerprint density at radius 2 is 1.63 bits per heavy atom. The summed E-state index contributed by atoms with van der Waals surface area (Å²) in [6.45, 7) is 2.62. The van der Waals surface area contributed by atoms with Crippen LogP contribution in [0.25, 0.3) is 0 Å². The van der Waals surface area contributed by atoms with Crippen LogP contribution in [0.1, 0.15) is 35.2 Å². The Bertz CT molecular complexity index is 901. The lowest BCUT2D eigenvalue weighted by Gasteiger charge is -2.29. The molecule has 0 radical (unpaired) electrons. The second kappa shape index (κ2) is 8.13. The Morgan fingerprint density at radius 3 is 2.26 bits per heavy atom. The highest BCUT2D eigenvalue weighted by molar-refractivity contribution is 7.90. The first-order valence-electron chi connectivity index (χ1n) is 9.25. The van der Waals surface area contributed by atoms with Crippen molar-refractivity contribution in [1.82, 2.24) is 4.90 Å². The molecule has 3 rings (SSSR count).